The third-order valence-corrected chi connectivity index (χ3v) is 2.67. The quantitative estimate of drug-likeness (QED) is 0.575. The zero-order valence-corrected chi connectivity index (χ0v) is 10.9. The number of nitrogens with one attached hydrogen (secondary N) is 1. The summed E-state index contributed by atoms with van der Waals surface area (Å²) in [6.45, 7) is 1.12. The SMILES string of the molecule is CC(=O)NCC(O)C(O)c1c(Cl)nc(N)nc1Cl. The Morgan fingerprint density at radius 2 is 1.89 bits per heavy atom. The average Bonchev–Trinajstić information content (AvgIpc) is 2.24. The summed E-state index contributed by atoms with van der Waals surface area (Å²) in [5.74, 6) is -0.482. The Morgan fingerprint density at radius 1 is 1.39 bits per heavy atom. The standard InChI is InChI=1S/C9H12Cl2N4O3/c1-3(16)13-2-4(17)6(18)5-7(10)14-9(12)15-8(5)11/h4,6,17-18H,2H2,1H3,(H,13,16)(H2,12,14,15). The first-order valence-electron chi connectivity index (χ1n) is 4.92. The number of amides is 1. The molecule has 0 radical (unpaired) electrons. The van der Waals surface area contributed by atoms with Crippen LogP contribution in [-0.2, 0) is 4.79 Å². The predicted molar refractivity (Wildman–Crippen MR) is 66.1 cm³/mol. The van der Waals surface area contributed by atoms with Crippen LogP contribution in [0.5, 0.6) is 0 Å². The normalized spacial score (nSPS) is 14.1. The topological polar surface area (TPSA) is 121 Å². The summed E-state index contributed by atoms with van der Waals surface area (Å²) in [5, 5.41) is 21.6. The number of nitrogen functional groups attached to an aromatic ring is 1. The zero-order valence-electron chi connectivity index (χ0n) is 9.39. The number of carbonyl (C=O) groups is 1. The van der Waals surface area contributed by atoms with Crippen molar-refractivity contribution in [3.05, 3.63) is 15.9 Å². The van der Waals surface area contributed by atoms with Crippen LogP contribution in [0.1, 0.15) is 18.6 Å². The van der Waals surface area contributed by atoms with Crippen LogP contribution in [-0.4, -0.2) is 38.7 Å². The molecular weight excluding hydrogens is 283 g/mol. The smallest absolute Gasteiger partial charge is 0.222 e. The molecule has 2 atom stereocenters. The van der Waals surface area contributed by atoms with Crippen LogP contribution in [0.3, 0.4) is 0 Å². The molecule has 7 nitrogen and oxygen atoms in total. The fourth-order valence-electron chi connectivity index (χ4n) is 1.23. The monoisotopic (exact) mass is 294 g/mol. The van der Waals surface area contributed by atoms with Gasteiger partial charge in [0, 0.05) is 13.5 Å². The van der Waals surface area contributed by atoms with Crippen LogP contribution >= 0.6 is 23.2 Å². The van der Waals surface area contributed by atoms with Gasteiger partial charge in [0.1, 0.15) is 22.5 Å². The van der Waals surface area contributed by atoms with Crippen molar-refractivity contribution in [2.24, 2.45) is 0 Å². The van der Waals surface area contributed by atoms with Gasteiger partial charge in [-0.05, 0) is 0 Å². The fourth-order valence-corrected chi connectivity index (χ4v) is 1.85. The second-order valence-corrected chi connectivity index (χ2v) is 4.24. The van der Waals surface area contributed by atoms with Gasteiger partial charge in [0.05, 0.1) is 5.56 Å². The minimum atomic E-state index is -1.43. The van der Waals surface area contributed by atoms with E-state index in [2.05, 4.69) is 15.3 Å². The molecule has 18 heavy (non-hydrogen) atoms. The minimum absolute atomic E-state index is 0.0367. The number of aromatic nitrogens is 2. The van der Waals surface area contributed by atoms with Gasteiger partial charge in [0.15, 0.2) is 0 Å². The first-order valence-corrected chi connectivity index (χ1v) is 5.67. The summed E-state index contributed by atoms with van der Waals surface area (Å²) in [7, 11) is 0. The molecule has 9 heteroatoms. The third kappa shape index (κ3) is 3.67. The van der Waals surface area contributed by atoms with Gasteiger partial charge in [0.2, 0.25) is 11.9 Å². The molecule has 100 valence electrons. The Morgan fingerprint density at radius 3 is 2.33 bits per heavy atom. The van der Waals surface area contributed by atoms with Crippen LogP contribution in [0.25, 0.3) is 0 Å². The maximum absolute atomic E-state index is 10.7. The van der Waals surface area contributed by atoms with Crippen LogP contribution in [0.15, 0.2) is 0 Å². The van der Waals surface area contributed by atoms with Gasteiger partial charge in [-0.15, -0.1) is 0 Å². The Bertz CT molecular complexity index is 434. The highest BCUT2D eigenvalue weighted by molar-refractivity contribution is 6.34. The Hall–Kier alpha value is -1.15. The molecular formula is C9H12Cl2N4O3. The molecule has 0 saturated heterocycles. The van der Waals surface area contributed by atoms with E-state index in [1.165, 1.54) is 6.92 Å². The summed E-state index contributed by atoms with van der Waals surface area (Å²) in [4.78, 5) is 17.9. The Kier molecular flexibility index (Phi) is 5.09. The second kappa shape index (κ2) is 6.14. The minimum Gasteiger partial charge on any atom is -0.388 e. The van der Waals surface area contributed by atoms with E-state index in [-0.39, 0.29) is 34.3 Å². The molecule has 0 saturated carbocycles. The summed E-state index contributed by atoms with van der Waals surface area (Å²) in [6.07, 6.45) is -2.73. The molecule has 5 N–H and O–H groups in total. The van der Waals surface area contributed by atoms with Crippen molar-refractivity contribution >= 4 is 35.1 Å². The number of nitrogens with two attached hydrogens (primary N) is 1. The zero-order chi connectivity index (χ0) is 13.9. The summed E-state index contributed by atoms with van der Waals surface area (Å²) >= 11 is 11.5. The highest BCUT2D eigenvalue weighted by atomic mass is 35.5. The highest BCUT2D eigenvalue weighted by Crippen LogP contribution is 2.30. The van der Waals surface area contributed by atoms with Gasteiger partial charge < -0.3 is 21.3 Å². The van der Waals surface area contributed by atoms with Crippen molar-refractivity contribution in [1.82, 2.24) is 15.3 Å². The number of hydrogen-bond donors (Lipinski definition) is 4. The van der Waals surface area contributed by atoms with Crippen LogP contribution < -0.4 is 11.1 Å². The molecule has 0 aliphatic rings. The number of halogens is 2. The number of nitrogens with zero attached hydrogens (tertiary/aromatic N) is 2. The number of carbonyl (C=O) groups excluding carboxylic acids is 1. The van der Waals surface area contributed by atoms with Crippen LogP contribution in [0, 0.1) is 0 Å². The molecule has 1 heterocycles. The largest absolute Gasteiger partial charge is 0.388 e. The molecule has 1 amide bonds. The van der Waals surface area contributed by atoms with E-state index >= 15 is 0 Å². The van der Waals surface area contributed by atoms with E-state index < -0.39 is 12.2 Å². The lowest BCUT2D eigenvalue weighted by atomic mass is 10.1. The van der Waals surface area contributed by atoms with Gasteiger partial charge >= 0.3 is 0 Å². The third-order valence-electron chi connectivity index (χ3n) is 2.09. The highest BCUT2D eigenvalue weighted by Gasteiger charge is 2.25. The number of aliphatic hydroxyl groups is 2. The van der Waals surface area contributed by atoms with Crippen LogP contribution in [0.4, 0.5) is 5.95 Å². The van der Waals surface area contributed by atoms with E-state index in [4.69, 9.17) is 28.9 Å². The van der Waals surface area contributed by atoms with Gasteiger partial charge in [-0.1, -0.05) is 23.2 Å². The molecule has 1 aromatic heterocycles. The van der Waals surface area contributed by atoms with Crippen molar-refractivity contribution in [1.29, 1.82) is 0 Å². The van der Waals surface area contributed by atoms with Crippen molar-refractivity contribution in [2.45, 2.75) is 19.1 Å². The molecule has 1 aromatic rings. The predicted octanol–water partition coefficient (Wildman–Crippen LogP) is -0.104. The number of anilines is 1. The summed E-state index contributed by atoms with van der Waals surface area (Å²) in [6, 6.07) is 0. The van der Waals surface area contributed by atoms with E-state index in [0.29, 0.717) is 0 Å². The lowest BCUT2D eigenvalue weighted by Crippen LogP contribution is -2.34. The summed E-state index contributed by atoms with van der Waals surface area (Å²) in [5.41, 5.74) is 5.27. The molecule has 0 aliphatic heterocycles. The Balaban J connectivity index is 2.89. The van der Waals surface area contributed by atoms with Gasteiger partial charge in [-0.25, -0.2) is 9.97 Å². The van der Waals surface area contributed by atoms with Crippen molar-refractivity contribution in [2.75, 3.05) is 12.3 Å². The lowest BCUT2D eigenvalue weighted by Gasteiger charge is -2.19. The van der Waals surface area contributed by atoms with Gasteiger partial charge in [-0.2, -0.15) is 0 Å². The maximum Gasteiger partial charge on any atom is 0.222 e. The molecule has 2 unspecified atom stereocenters. The van der Waals surface area contributed by atoms with E-state index in [1.807, 2.05) is 0 Å². The van der Waals surface area contributed by atoms with Gasteiger partial charge in [-0.3, -0.25) is 4.79 Å². The molecule has 0 fully saturated rings. The molecule has 0 aromatic carbocycles. The van der Waals surface area contributed by atoms with Gasteiger partial charge in [0.25, 0.3) is 0 Å². The molecule has 0 spiro atoms. The second-order valence-electron chi connectivity index (χ2n) is 3.53. The molecule has 1 rings (SSSR count). The number of aliphatic hydroxyl groups excluding tert-OH is 2. The average molecular weight is 295 g/mol. The van der Waals surface area contributed by atoms with E-state index in [9.17, 15) is 15.0 Å². The summed E-state index contributed by atoms with van der Waals surface area (Å²) < 4.78 is 0. The lowest BCUT2D eigenvalue weighted by molar-refractivity contribution is -0.119. The van der Waals surface area contributed by atoms with E-state index in [1.54, 1.807) is 0 Å². The number of hydrogen-bond acceptors (Lipinski definition) is 6. The number of rotatable bonds is 4. The van der Waals surface area contributed by atoms with E-state index in [0.717, 1.165) is 0 Å². The van der Waals surface area contributed by atoms with Crippen molar-refractivity contribution in [3.63, 3.8) is 0 Å². The first kappa shape index (κ1) is 14.9. The van der Waals surface area contributed by atoms with Crippen molar-refractivity contribution < 1.29 is 15.0 Å². The molecule has 0 aliphatic carbocycles. The fraction of sp³-hybridized carbons (Fsp3) is 0.444. The first-order chi connectivity index (χ1) is 8.32. The van der Waals surface area contributed by atoms with Crippen LogP contribution in [0.2, 0.25) is 10.3 Å². The molecule has 0 bridgehead atoms. The Labute approximate surface area is 113 Å². The maximum atomic E-state index is 10.7. The van der Waals surface area contributed by atoms with Crippen molar-refractivity contribution in [3.8, 4) is 0 Å².